The first kappa shape index (κ1) is 12.1. The molecule has 3 aromatic rings. The molecule has 0 spiro atoms. The van der Waals surface area contributed by atoms with Crippen molar-refractivity contribution < 1.29 is 4.39 Å². The number of thiazole rings is 1. The molecule has 4 heteroatoms. The number of fused-ring (bicyclic) bond motifs is 1. The average molecular weight is 272 g/mol. The number of aromatic nitrogens is 1. The third-order valence-corrected chi connectivity index (χ3v) is 3.84. The summed E-state index contributed by atoms with van der Waals surface area (Å²) >= 11 is 1.69. The fourth-order valence-corrected chi connectivity index (χ4v) is 2.82. The van der Waals surface area contributed by atoms with E-state index < -0.39 is 0 Å². The van der Waals surface area contributed by atoms with Crippen molar-refractivity contribution in [2.75, 3.05) is 5.32 Å². The molecule has 0 radical (unpaired) electrons. The van der Waals surface area contributed by atoms with Gasteiger partial charge in [-0.05, 0) is 42.8 Å². The Bertz CT molecular complexity index is 704. The van der Waals surface area contributed by atoms with Gasteiger partial charge in [-0.25, -0.2) is 9.37 Å². The number of halogens is 1. The SMILES string of the molecule is Cc1nc2ccc(NCc3ccc(F)cc3)cc2s1. The molecule has 1 aromatic heterocycles. The summed E-state index contributed by atoms with van der Waals surface area (Å²) in [6.07, 6.45) is 0. The first-order chi connectivity index (χ1) is 9.20. The quantitative estimate of drug-likeness (QED) is 0.766. The van der Waals surface area contributed by atoms with Crippen LogP contribution in [0.2, 0.25) is 0 Å². The van der Waals surface area contributed by atoms with E-state index in [4.69, 9.17) is 0 Å². The Labute approximate surface area is 114 Å². The van der Waals surface area contributed by atoms with Gasteiger partial charge in [0.15, 0.2) is 0 Å². The van der Waals surface area contributed by atoms with Crippen molar-refractivity contribution in [3.8, 4) is 0 Å². The van der Waals surface area contributed by atoms with Gasteiger partial charge in [-0.1, -0.05) is 12.1 Å². The van der Waals surface area contributed by atoms with E-state index in [1.807, 2.05) is 19.1 Å². The largest absolute Gasteiger partial charge is 0.381 e. The molecule has 0 atom stereocenters. The molecule has 3 rings (SSSR count). The number of hydrogen-bond donors (Lipinski definition) is 1. The van der Waals surface area contributed by atoms with E-state index in [0.717, 1.165) is 21.8 Å². The Hall–Kier alpha value is -1.94. The van der Waals surface area contributed by atoms with Crippen LogP contribution >= 0.6 is 11.3 Å². The summed E-state index contributed by atoms with van der Waals surface area (Å²) in [4.78, 5) is 4.43. The lowest BCUT2D eigenvalue weighted by Gasteiger charge is -2.06. The molecule has 0 saturated carbocycles. The van der Waals surface area contributed by atoms with Gasteiger partial charge in [-0.3, -0.25) is 0 Å². The van der Waals surface area contributed by atoms with E-state index >= 15 is 0 Å². The summed E-state index contributed by atoms with van der Waals surface area (Å²) in [5, 5.41) is 4.41. The molecule has 0 amide bonds. The number of benzene rings is 2. The standard InChI is InChI=1S/C15H13FN2S/c1-10-18-14-7-6-13(8-15(14)19-10)17-9-11-2-4-12(16)5-3-11/h2-8,17H,9H2,1H3. The number of nitrogens with one attached hydrogen (secondary N) is 1. The van der Waals surface area contributed by atoms with Crippen LogP contribution in [0.15, 0.2) is 42.5 Å². The Morgan fingerprint density at radius 1 is 1.16 bits per heavy atom. The molecule has 1 heterocycles. The Morgan fingerprint density at radius 2 is 1.95 bits per heavy atom. The van der Waals surface area contributed by atoms with Gasteiger partial charge in [-0.15, -0.1) is 11.3 Å². The van der Waals surface area contributed by atoms with Crippen molar-refractivity contribution in [3.05, 3.63) is 58.9 Å². The third-order valence-electron chi connectivity index (χ3n) is 2.91. The average Bonchev–Trinajstić information content (AvgIpc) is 2.77. The second kappa shape index (κ2) is 4.97. The van der Waals surface area contributed by atoms with Crippen LogP contribution < -0.4 is 5.32 Å². The van der Waals surface area contributed by atoms with Gasteiger partial charge in [0.1, 0.15) is 5.82 Å². The van der Waals surface area contributed by atoms with Gasteiger partial charge in [-0.2, -0.15) is 0 Å². The highest BCUT2D eigenvalue weighted by atomic mass is 32.1. The highest BCUT2D eigenvalue weighted by molar-refractivity contribution is 7.18. The maximum absolute atomic E-state index is 12.8. The molecule has 2 nitrogen and oxygen atoms in total. The van der Waals surface area contributed by atoms with Crippen molar-refractivity contribution >= 4 is 27.2 Å². The molecular formula is C15H13FN2S. The van der Waals surface area contributed by atoms with Crippen LogP contribution in [0.5, 0.6) is 0 Å². The highest BCUT2D eigenvalue weighted by Crippen LogP contribution is 2.24. The van der Waals surface area contributed by atoms with E-state index in [-0.39, 0.29) is 5.82 Å². The molecule has 0 aliphatic heterocycles. The lowest BCUT2D eigenvalue weighted by atomic mass is 10.2. The second-order valence-electron chi connectivity index (χ2n) is 4.40. The smallest absolute Gasteiger partial charge is 0.123 e. The monoisotopic (exact) mass is 272 g/mol. The van der Waals surface area contributed by atoms with Crippen LogP contribution in [0, 0.1) is 12.7 Å². The number of hydrogen-bond acceptors (Lipinski definition) is 3. The van der Waals surface area contributed by atoms with Gasteiger partial charge in [0.25, 0.3) is 0 Å². The molecule has 0 unspecified atom stereocenters. The highest BCUT2D eigenvalue weighted by Gasteiger charge is 2.01. The molecular weight excluding hydrogens is 259 g/mol. The van der Waals surface area contributed by atoms with Crippen LogP contribution in [-0.4, -0.2) is 4.98 Å². The first-order valence-electron chi connectivity index (χ1n) is 6.06. The molecule has 0 bridgehead atoms. The normalized spacial score (nSPS) is 10.8. The van der Waals surface area contributed by atoms with E-state index in [2.05, 4.69) is 16.4 Å². The zero-order valence-electron chi connectivity index (χ0n) is 10.5. The topological polar surface area (TPSA) is 24.9 Å². The summed E-state index contributed by atoms with van der Waals surface area (Å²) in [5.74, 6) is -0.203. The van der Waals surface area contributed by atoms with Crippen LogP contribution in [0.1, 0.15) is 10.6 Å². The van der Waals surface area contributed by atoms with E-state index in [1.165, 1.54) is 16.8 Å². The van der Waals surface area contributed by atoms with Gasteiger partial charge >= 0.3 is 0 Å². The Kier molecular flexibility index (Phi) is 3.17. The minimum atomic E-state index is -0.203. The van der Waals surface area contributed by atoms with Crippen LogP contribution in [0.3, 0.4) is 0 Å². The van der Waals surface area contributed by atoms with Gasteiger partial charge in [0, 0.05) is 12.2 Å². The molecule has 19 heavy (non-hydrogen) atoms. The number of anilines is 1. The van der Waals surface area contributed by atoms with Crippen LogP contribution in [0.4, 0.5) is 10.1 Å². The van der Waals surface area contributed by atoms with Gasteiger partial charge < -0.3 is 5.32 Å². The Balaban J connectivity index is 1.75. The Morgan fingerprint density at radius 3 is 2.74 bits per heavy atom. The zero-order chi connectivity index (χ0) is 13.2. The lowest BCUT2D eigenvalue weighted by Crippen LogP contribution is -1.98. The maximum Gasteiger partial charge on any atom is 0.123 e. The van der Waals surface area contributed by atoms with Crippen molar-refractivity contribution in [2.24, 2.45) is 0 Å². The minimum absolute atomic E-state index is 0.203. The van der Waals surface area contributed by atoms with Gasteiger partial charge in [0.2, 0.25) is 0 Å². The summed E-state index contributed by atoms with van der Waals surface area (Å²) in [6, 6.07) is 12.7. The van der Waals surface area contributed by atoms with Crippen molar-refractivity contribution in [1.82, 2.24) is 4.98 Å². The predicted molar refractivity (Wildman–Crippen MR) is 78.1 cm³/mol. The molecule has 96 valence electrons. The van der Waals surface area contributed by atoms with Crippen molar-refractivity contribution in [1.29, 1.82) is 0 Å². The second-order valence-corrected chi connectivity index (χ2v) is 5.63. The van der Waals surface area contributed by atoms with Crippen molar-refractivity contribution in [3.63, 3.8) is 0 Å². The predicted octanol–water partition coefficient (Wildman–Crippen LogP) is 4.36. The van der Waals surface area contributed by atoms with Crippen LogP contribution in [0.25, 0.3) is 10.2 Å². The molecule has 0 saturated heterocycles. The molecule has 0 aliphatic rings. The third kappa shape index (κ3) is 2.74. The molecule has 0 fully saturated rings. The summed E-state index contributed by atoms with van der Waals surface area (Å²) in [5.41, 5.74) is 3.15. The first-order valence-corrected chi connectivity index (χ1v) is 6.88. The molecule has 0 aliphatic carbocycles. The van der Waals surface area contributed by atoms with Gasteiger partial charge in [0.05, 0.1) is 15.2 Å². The van der Waals surface area contributed by atoms with Crippen molar-refractivity contribution in [2.45, 2.75) is 13.5 Å². The maximum atomic E-state index is 12.8. The van der Waals surface area contributed by atoms with Crippen LogP contribution in [-0.2, 0) is 6.54 Å². The zero-order valence-corrected chi connectivity index (χ0v) is 11.3. The fourth-order valence-electron chi connectivity index (χ4n) is 1.96. The summed E-state index contributed by atoms with van der Waals surface area (Å²) in [7, 11) is 0. The summed E-state index contributed by atoms with van der Waals surface area (Å²) in [6.45, 7) is 2.69. The number of rotatable bonds is 3. The molecule has 1 N–H and O–H groups in total. The molecule has 2 aromatic carbocycles. The minimum Gasteiger partial charge on any atom is -0.381 e. The summed E-state index contributed by atoms with van der Waals surface area (Å²) < 4.78 is 14.0. The van der Waals surface area contributed by atoms with E-state index in [9.17, 15) is 4.39 Å². The fraction of sp³-hybridized carbons (Fsp3) is 0.133. The van der Waals surface area contributed by atoms with E-state index in [1.54, 1.807) is 23.5 Å². The number of aryl methyl sites for hydroxylation is 1. The lowest BCUT2D eigenvalue weighted by molar-refractivity contribution is 0.627. The van der Waals surface area contributed by atoms with E-state index in [0.29, 0.717) is 6.54 Å². The number of nitrogens with zero attached hydrogens (tertiary/aromatic N) is 1.